The van der Waals surface area contributed by atoms with Crippen LogP contribution in [0, 0.1) is 0 Å². The number of rotatable bonds is 10. The number of imidazole rings is 1. The standard InChI is InChI=1S/C21H25N3O3/c1-2-26-18-10-5-6-11-19(18)27-15-7-12-21(25)22-14-13-20-23-16-8-3-4-9-17(16)24-20/h3-6,8-11H,2,7,12-15H2,1H3,(H,22,25)(H,23,24). The second-order valence-electron chi connectivity index (χ2n) is 6.13. The van der Waals surface area contributed by atoms with Crippen molar-refractivity contribution in [2.75, 3.05) is 19.8 Å². The summed E-state index contributed by atoms with van der Waals surface area (Å²) in [6, 6.07) is 15.5. The smallest absolute Gasteiger partial charge is 0.220 e. The number of hydrogen-bond donors (Lipinski definition) is 2. The fraction of sp³-hybridized carbons (Fsp3) is 0.333. The highest BCUT2D eigenvalue weighted by molar-refractivity contribution is 5.76. The number of fused-ring (bicyclic) bond motifs is 1. The van der Waals surface area contributed by atoms with E-state index in [4.69, 9.17) is 9.47 Å². The third-order valence-corrected chi connectivity index (χ3v) is 4.08. The second-order valence-corrected chi connectivity index (χ2v) is 6.13. The van der Waals surface area contributed by atoms with Crippen LogP contribution in [0.25, 0.3) is 11.0 Å². The normalized spacial score (nSPS) is 10.7. The van der Waals surface area contributed by atoms with Crippen LogP contribution < -0.4 is 14.8 Å². The molecule has 0 saturated heterocycles. The van der Waals surface area contributed by atoms with Crippen molar-refractivity contribution in [1.29, 1.82) is 0 Å². The van der Waals surface area contributed by atoms with E-state index in [1.165, 1.54) is 0 Å². The minimum absolute atomic E-state index is 0.0211. The number of amides is 1. The van der Waals surface area contributed by atoms with Crippen molar-refractivity contribution in [3.63, 3.8) is 0 Å². The van der Waals surface area contributed by atoms with Gasteiger partial charge in [0.2, 0.25) is 5.91 Å². The van der Waals surface area contributed by atoms with Crippen molar-refractivity contribution in [3.8, 4) is 11.5 Å². The van der Waals surface area contributed by atoms with E-state index in [1.54, 1.807) is 0 Å². The monoisotopic (exact) mass is 367 g/mol. The van der Waals surface area contributed by atoms with Crippen molar-refractivity contribution in [3.05, 3.63) is 54.4 Å². The Hall–Kier alpha value is -3.02. The molecule has 0 fully saturated rings. The number of carbonyl (C=O) groups excluding carboxylic acids is 1. The summed E-state index contributed by atoms with van der Waals surface area (Å²) in [6.45, 7) is 3.56. The number of para-hydroxylation sites is 4. The van der Waals surface area contributed by atoms with Crippen molar-refractivity contribution >= 4 is 16.9 Å². The van der Waals surface area contributed by atoms with E-state index in [0.717, 1.165) is 22.6 Å². The third-order valence-electron chi connectivity index (χ3n) is 4.08. The summed E-state index contributed by atoms with van der Waals surface area (Å²) < 4.78 is 11.2. The first-order chi connectivity index (χ1) is 13.3. The SMILES string of the molecule is CCOc1ccccc1OCCCC(=O)NCCc1nc2ccccc2[nH]1. The molecule has 27 heavy (non-hydrogen) atoms. The molecule has 6 nitrogen and oxygen atoms in total. The van der Waals surface area contributed by atoms with Crippen LogP contribution in [0.3, 0.4) is 0 Å². The summed E-state index contributed by atoms with van der Waals surface area (Å²) >= 11 is 0. The summed E-state index contributed by atoms with van der Waals surface area (Å²) in [5, 5.41) is 2.93. The van der Waals surface area contributed by atoms with Gasteiger partial charge in [-0.15, -0.1) is 0 Å². The van der Waals surface area contributed by atoms with E-state index in [1.807, 2.05) is 55.5 Å². The molecule has 2 aromatic carbocycles. The maximum Gasteiger partial charge on any atom is 0.220 e. The topological polar surface area (TPSA) is 76.2 Å². The van der Waals surface area contributed by atoms with Gasteiger partial charge in [-0.05, 0) is 37.6 Å². The number of benzene rings is 2. The van der Waals surface area contributed by atoms with E-state index < -0.39 is 0 Å². The first kappa shape index (κ1) is 18.8. The predicted molar refractivity (Wildman–Crippen MR) is 105 cm³/mol. The van der Waals surface area contributed by atoms with Gasteiger partial charge >= 0.3 is 0 Å². The summed E-state index contributed by atoms with van der Waals surface area (Å²) in [4.78, 5) is 19.7. The molecule has 0 aliphatic carbocycles. The van der Waals surface area contributed by atoms with Crippen molar-refractivity contribution in [2.45, 2.75) is 26.2 Å². The minimum atomic E-state index is 0.0211. The molecule has 0 bridgehead atoms. The fourth-order valence-corrected chi connectivity index (χ4v) is 2.79. The first-order valence-corrected chi connectivity index (χ1v) is 9.31. The molecule has 2 N–H and O–H groups in total. The van der Waals surface area contributed by atoms with Crippen LogP contribution in [0.5, 0.6) is 11.5 Å². The molecule has 0 aliphatic heterocycles. The van der Waals surface area contributed by atoms with Crippen LogP contribution in [0.2, 0.25) is 0 Å². The van der Waals surface area contributed by atoms with E-state index in [-0.39, 0.29) is 5.91 Å². The lowest BCUT2D eigenvalue weighted by Crippen LogP contribution is -2.26. The first-order valence-electron chi connectivity index (χ1n) is 9.31. The lowest BCUT2D eigenvalue weighted by Gasteiger charge is -2.11. The largest absolute Gasteiger partial charge is 0.490 e. The zero-order valence-electron chi connectivity index (χ0n) is 15.5. The molecule has 0 atom stereocenters. The summed E-state index contributed by atoms with van der Waals surface area (Å²) in [7, 11) is 0. The van der Waals surface area contributed by atoms with E-state index >= 15 is 0 Å². The lowest BCUT2D eigenvalue weighted by atomic mass is 10.3. The maximum atomic E-state index is 12.0. The number of ether oxygens (including phenoxy) is 2. The van der Waals surface area contributed by atoms with Crippen LogP contribution in [0.4, 0.5) is 0 Å². The molecule has 0 aliphatic rings. The van der Waals surface area contributed by atoms with Gasteiger partial charge in [0.05, 0.1) is 24.2 Å². The van der Waals surface area contributed by atoms with Gasteiger partial charge in [0.1, 0.15) is 5.82 Å². The number of carbonyl (C=O) groups is 1. The molecular formula is C21H25N3O3. The highest BCUT2D eigenvalue weighted by Gasteiger charge is 2.06. The number of aromatic nitrogens is 2. The molecule has 0 saturated carbocycles. The Labute approximate surface area is 158 Å². The van der Waals surface area contributed by atoms with Crippen LogP contribution >= 0.6 is 0 Å². The molecule has 0 unspecified atom stereocenters. The number of nitrogens with one attached hydrogen (secondary N) is 2. The highest BCUT2D eigenvalue weighted by atomic mass is 16.5. The average molecular weight is 367 g/mol. The minimum Gasteiger partial charge on any atom is -0.490 e. The van der Waals surface area contributed by atoms with Gasteiger partial charge in [-0.1, -0.05) is 24.3 Å². The van der Waals surface area contributed by atoms with Gasteiger partial charge in [-0.2, -0.15) is 0 Å². The Bertz CT molecular complexity index is 843. The van der Waals surface area contributed by atoms with Crippen LogP contribution in [-0.4, -0.2) is 35.6 Å². The summed E-state index contributed by atoms with van der Waals surface area (Å²) in [5.74, 6) is 2.35. The van der Waals surface area contributed by atoms with Gasteiger partial charge in [-0.25, -0.2) is 4.98 Å². The van der Waals surface area contributed by atoms with Crippen molar-refractivity contribution in [2.24, 2.45) is 0 Å². The Kier molecular flexibility index (Phi) is 6.68. The van der Waals surface area contributed by atoms with Crippen LogP contribution in [0.1, 0.15) is 25.6 Å². The van der Waals surface area contributed by atoms with E-state index in [0.29, 0.717) is 44.8 Å². The summed E-state index contributed by atoms with van der Waals surface area (Å²) in [6.07, 6.45) is 1.76. The Morgan fingerprint density at radius 1 is 1.07 bits per heavy atom. The van der Waals surface area contributed by atoms with Gasteiger partial charge in [0.15, 0.2) is 11.5 Å². The molecule has 0 spiro atoms. The lowest BCUT2D eigenvalue weighted by molar-refractivity contribution is -0.121. The molecule has 3 rings (SSSR count). The molecule has 0 radical (unpaired) electrons. The Balaban J connectivity index is 1.34. The van der Waals surface area contributed by atoms with Crippen LogP contribution in [-0.2, 0) is 11.2 Å². The van der Waals surface area contributed by atoms with Gasteiger partial charge in [0, 0.05) is 19.4 Å². The number of hydrogen-bond acceptors (Lipinski definition) is 4. The molecule has 6 heteroatoms. The van der Waals surface area contributed by atoms with Gasteiger partial charge in [-0.3, -0.25) is 4.79 Å². The average Bonchev–Trinajstić information content (AvgIpc) is 3.09. The maximum absolute atomic E-state index is 12.0. The number of nitrogens with zero attached hydrogens (tertiary/aromatic N) is 1. The zero-order valence-corrected chi connectivity index (χ0v) is 15.5. The Morgan fingerprint density at radius 3 is 2.59 bits per heavy atom. The van der Waals surface area contributed by atoms with E-state index in [9.17, 15) is 4.79 Å². The molecular weight excluding hydrogens is 342 g/mol. The zero-order chi connectivity index (χ0) is 18.9. The quantitative estimate of drug-likeness (QED) is 0.538. The highest BCUT2D eigenvalue weighted by Crippen LogP contribution is 2.26. The Morgan fingerprint density at radius 2 is 1.81 bits per heavy atom. The molecule has 142 valence electrons. The van der Waals surface area contributed by atoms with Gasteiger partial charge < -0.3 is 19.8 Å². The molecule has 1 heterocycles. The summed E-state index contributed by atoms with van der Waals surface area (Å²) in [5.41, 5.74) is 1.96. The third kappa shape index (κ3) is 5.48. The van der Waals surface area contributed by atoms with E-state index in [2.05, 4.69) is 15.3 Å². The molecule has 1 aromatic heterocycles. The van der Waals surface area contributed by atoms with Gasteiger partial charge in [0.25, 0.3) is 0 Å². The molecule has 3 aromatic rings. The predicted octanol–water partition coefficient (Wildman–Crippen LogP) is 3.48. The van der Waals surface area contributed by atoms with Crippen LogP contribution in [0.15, 0.2) is 48.5 Å². The second kappa shape index (κ2) is 9.62. The van der Waals surface area contributed by atoms with Crippen molar-refractivity contribution in [1.82, 2.24) is 15.3 Å². The van der Waals surface area contributed by atoms with Crippen molar-refractivity contribution < 1.29 is 14.3 Å². The number of H-pyrrole nitrogens is 1. The molecule has 1 amide bonds. The number of aromatic amines is 1. The fourth-order valence-electron chi connectivity index (χ4n) is 2.79.